The van der Waals surface area contributed by atoms with Crippen LogP contribution in [0.15, 0.2) is 79.4 Å². The van der Waals surface area contributed by atoms with Crippen molar-refractivity contribution in [2.75, 3.05) is 0 Å². The molecule has 0 aromatic heterocycles. The summed E-state index contributed by atoms with van der Waals surface area (Å²) < 4.78 is 14.4. The Bertz CT molecular complexity index is 1100. The highest BCUT2D eigenvalue weighted by atomic mass is 31.2. The molecular weight excluding hydrogens is 379 g/mol. The molecular formula is C25H23O3P. The number of ketones is 1. The highest BCUT2D eigenvalue weighted by Crippen LogP contribution is 2.48. The number of carbonyl (C=O) groups excluding carboxylic acids is 2. The molecule has 0 aliphatic carbocycles. The van der Waals surface area contributed by atoms with E-state index >= 15 is 0 Å². The van der Waals surface area contributed by atoms with Gasteiger partial charge in [-0.05, 0) is 43.5 Å². The fourth-order valence-corrected chi connectivity index (χ4v) is 6.42. The van der Waals surface area contributed by atoms with E-state index in [0.29, 0.717) is 32.9 Å². The van der Waals surface area contributed by atoms with Gasteiger partial charge in [0, 0.05) is 21.7 Å². The molecule has 4 heteroatoms. The van der Waals surface area contributed by atoms with Gasteiger partial charge in [-0.2, -0.15) is 0 Å². The first-order valence-corrected chi connectivity index (χ1v) is 11.1. The first-order valence-electron chi connectivity index (χ1n) is 9.36. The monoisotopic (exact) mass is 402 g/mol. The summed E-state index contributed by atoms with van der Waals surface area (Å²) in [6, 6.07) is 19.5. The smallest absolute Gasteiger partial charge is 0.230 e. The summed E-state index contributed by atoms with van der Waals surface area (Å²) in [5.41, 5.74) is 2.36. The Morgan fingerprint density at radius 2 is 1.24 bits per heavy atom. The van der Waals surface area contributed by atoms with Crippen LogP contribution in [0.1, 0.15) is 37.4 Å². The van der Waals surface area contributed by atoms with E-state index in [1.807, 2.05) is 26.0 Å². The number of hydrogen-bond donors (Lipinski definition) is 0. The SMILES string of the molecule is C=CC(=O)c1c(C)cc(C)c(C(=O)P(=O)(c2ccccc2)c2ccccc2)c1C. The molecule has 0 spiro atoms. The van der Waals surface area contributed by atoms with E-state index in [1.165, 1.54) is 6.08 Å². The fourth-order valence-electron chi connectivity index (χ4n) is 3.81. The van der Waals surface area contributed by atoms with Crippen molar-refractivity contribution in [1.82, 2.24) is 0 Å². The Labute approximate surface area is 171 Å². The molecule has 3 rings (SSSR count). The molecule has 3 aromatic carbocycles. The van der Waals surface area contributed by atoms with Gasteiger partial charge in [-0.3, -0.25) is 9.59 Å². The molecule has 0 N–H and O–H groups in total. The number of allylic oxidation sites excluding steroid dienone is 1. The molecule has 3 nitrogen and oxygen atoms in total. The molecule has 0 radical (unpaired) electrons. The largest absolute Gasteiger partial charge is 0.305 e. The third-order valence-electron chi connectivity index (χ3n) is 5.14. The van der Waals surface area contributed by atoms with Crippen molar-refractivity contribution in [3.05, 3.63) is 107 Å². The van der Waals surface area contributed by atoms with Crippen molar-refractivity contribution in [3.8, 4) is 0 Å². The summed E-state index contributed by atoms with van der Waals surface area (Å²) in [5.74, 6) is -0.247. The van der Waals surface area contributed by atoms with Gasteiger partial charge in [-0.15, -0.1) is 0 Å². The molecule has 0 heterocycles. The summed E-state index contributed by atoms with van der Waals surface area (Å²) in [7, 11) is -3.64. The van der Waals surface area contributed by atoms with E-state index in [2.05, 4.69) is 6.58 Å². The predicted octanol–water partition coefficient (Wildman–Crippen LogP) is 5.13. The normalized spacial score (nSPS) is 11.1. The van der Waals surface area contributed by atoms with E-state index in [9.17, 15) is 14.2 Å². The van der Waals surface area contributed by atoms with Gasteiger partial charge in [0.2, 0.25) is 12.7 Å². The molecule has 3 aromatic rings. The lowest BCUT2D eigenvalue weighted by atomic mass is 9.91. The van der Waals surface area contributed by atoms with Crippen molar-refractivity contribution in [3.63, 3.8) is 0 Å². The number of hydrogen-bond acceptors (Lipinski definition) is 3. The third kappa shape index (κ3) is 3.54. The number of carbonyl (C=O) groups is 2. The topological polar surface area (TPSA) is 51.2 Å². The summed E-state index contributed by atoms with van der Waals surface area (Å²) in [5, 5.41) is 0.958. The maximum atomic E-state index is 14.4. The van der Waals surface area contributed by atoms with Crippen molar-refractivity contribution in [2.45, 2.75) is 20.8 Å². The van der Waals surface area contributed by atoms with Crippen molar-refractivity contribution < 1.29 is 14.2 Å². The minimum atomic E-state index is -3.64. The highest BCUT2D eigenvalue weighted by Gasteiger charge is 2.38. The molecule has 0 amide bonds. The second kappa shape index (κ2) is 8.14. The molecule has 0 aliphatic heterocycles. The zero-order valence-electron chi connectivity index (χ0n) is 16.8. The lowest BCUT2D eigenvalue weighted by molar-refractivity contribution is 0.104. The molecule has 0 saturated heterocycles. The van der Waals surface area contributed by atoms with Gasteiger partial charge in [0.15, 0.2) is 5.78 Å². The van der Waals surface area contributed by atoms with Crippen LogP contribution in [0.3, 0.4) is 0 Å². The molecule has 0 bridgehead atoms. The second-order valence-corrected chi connectivity index (χ2v) is 9.70. The Morgan fingerprint density at radius 3 is 1.69 bits per heavy atom. The second-order valence-electron chi connectivity index (χ2n) is 7.04. The van der Waals surface area contributed by atoms with Crippen LogP contribution in [0.2, 0.25) is 0 Å². The van der Waals surface area contributed by atoms with E-state index < -0.39 is 12.7 Å². The Kier molecular flexibility index (Phi) is 5.81. The van der Waals surface area contributed by atoms with Gasteiger partial charge < -0.3 is 4.57 Å². The van der Waals surface area contributed by atoms with Gasteiger partial charge in [-0.1, -0.05) is 73.3 Å². The number of rotatable bonds is 6. The predicted molar refractivity (Wildman–Crippen MR) is 119 cm³/mol. The standard InChI is InChI=1S/C25H23O3P/c1-5-22(26)23-17(2)16-18(3)24(19(23)4)25(27)29(28,20-12-8-6-9-13-20)21-14-10-7-11-15-21/h5-16H,1H2,2-4H3. The van der Waals surface area contributed by atoms with Gasteiger partial charge >= 0.3 is 0 Å². The average Bonchev–Trinajstić information content (AvgIpc) is 2.73. The zero-order chi connectivity index (χ0) is 21.2. The van der Waals surface area contributed by atoms with Gasteiger partial charge in [-0.25, -0.2) is 0 Å². The van der Waals surface area contributed by atoms with E-state index in [0.717, 1.165) is 5.56 Å². The molecule has 0 fully saturated rings. The minimum absolute atomic E-state index is 0.247. The van der Waals surface area contributed by atoms with Crippen molar-refractivity contribution in [1.29, 1.82) is 0 Å². The molecule has 0 unspecified atom stereocenters. The molecule has 0 aliphatic rings. The Morgan fingerprint density at radius 1 is 0.793 bits per heavy atom. The van der Waals surface area contributed by atoms with Crippen LogP contribution < -0.4 is 10.6 Å². The van der Waals surface area contributed by atoms with Crippen LogP contribution in [0.25, 0.3) is 0 Å². The van der Waals surface area contributed by atoms with Crippen LogP contribution in [0, 0.1) is 20.8 Å². The molecule has 146 valence electrons. The van der Waals surface area contributed by atoms with Crippen molar-refractivity contribution in [2.24, 2.45) is 0 Å². The van der Waals surface area contributed by atoms with Crippen LogP contribution in [0.5, 0.6) is 0 Å². The summed E-state index contributed by atoms with van der Waals surface area (Å²) in [4.78, 5) is 26.3. The maximum absolute atomic E-state index is 14.4. The summed E-state index contributed by atoms with van der Waals surface area (Å²) in [6.45, 7) is 8.96. The summed E-state index contributed by atoms with van der Waals surface area (Å²) >= 11 is 0. The summed E-state index contributed by atoms with van der Waals surface area (Å²) in [6.07, 6.45) is 1.24. The van der Waals surface area contributed by atoms with Gasteiger partial charge in [0.05, 0.1) is 0 Å². The van der Waals surface area contributed by atoms with Crippen LogP contribution in [0.4, 0.5) is 0 Å². The van der Waals surface area contributed by atoms with Crippen LogP contribution in [-0.2, 0) is 4.57 Å². The Balaban J connectivity index is 2.33. The third-order valence-corrected chi connectivity index (χ3v) is 7.99. The fraction of sp³-hybridized carbons (Fsp3) is 0.120. The quantitative estimate of drug-likeness (QED) is 0.326. The van der Waals surface area contributed by atoms with E-state index in [4.69, 9.17) is 0 Å². The van der Waals surface area contributed by atoms with Crippen LogP contribution >= 0.6 is 7.14 Å². The van der Waals surface area contributed by atoms with E-state index in [-0.39, 0.29) is 5.78 Å². The molecule has 0 atom stereocenters. The molecule has 29 heavy (non-hydrogen) atoms. The van der Waals surface area contributed by atoms with Gasteiger partial charge in [0.1, 0.15) is 0 Å². The lowest BCUT2D eigenvalue weighted by Crippen LogP contribution is -2.24. The molecule has 0 saturated carbocycles. The van der Waals surface area contributed by atoms with Crippen molar-refractivity contribution >= 4 is 29.1 Å². The zero-order valence-corrected chi connectivity index (χ0v) is 17.7. The number of benzene rings is 3. The van der Waals surface area contributed by atoms with Crippen LogP contribution in [-0.4, -0.2) is 11.3 Å². The van der Waals surface area contributed by atoms with E-state index in [1.54, 1.807) is 61.5 Å². The average molecular weight is 402 g/mol. The first kappa shape index (κ1) is 20.7. The van der Waals surface area contributed by atoms with Gasteiger partial charge in [0.25, 0.3) is 0 Å². The highest BCUT2D eigenvalue weighted by molar-refractivity contribution is 7.93. The minimum Gasteiger partial charge on any atom is -0.305 e. The maximum Gasteiger partial charge on any atom is 0.230 e. The number of aryl methyl sites for hydroxylation is 2. The lowest BCUT2D eigenvalue weighted by Gasteiger charge is -2.22. The Hall–Kier alpha value is -3.03. The first-order chi connectivity index (χ1) is 13.8.